The maximum atomic E-state index is 5.78. The van der Waals surface area contributed by atoms with Gasteiger partial charge in [0.25, 0.3) is 0 Å². The summed E-state index contributed by atoms with van der Waals surface area (Å²) in [5, 5.41) is 4.66. The smallest absolute Gasteiger partial charge is 0.216 e. The van der Waals surface area contributed by atoms with Crippen molar-refractivity contribution in [2.45, 2.75) is 51.6 Å². The van der Waals surface area contributed by atoms with Gasteiger partial charge < -0.3 is 10.5 Å². The largest absolute Gasteiger partial charge is 0.481 e. The lowest BCUT2D eigenvalue weighted by Gasteiger charge is -2.13. The molecule has 0 unspecified atom stereocenters. The zero-order valence-electron chi connectivity index (χ0n) is 10.2. The molecule has 4 heteroatoms. The molecule has 1 aromatic heterocycles. The molecular formula is C12H21N3O. The number of nitrogens with two attached hydrogens (primary N) is 1. The number of rotatable bonds is 4. The maximum Gasteiger partial charge on any atom is 0.216 e. The van der Waals surface area contributed by atoms with E-state index in [1.165, 1.54) is 25.7 Å². The van der Waals surface area contributed by atoms with E-state index in [0.717, 1.165) is 23.6 Å². The first-order valence-electron chi connectivity index (χ1n) is 6.16. The topological polar surface area (TPSA) is 53.1 Å². The Labute approximate surface area is 96.8 Å². The molecule has 2 rings (SSSR count). The lowest BCUT2D eigenvalue weighted by molar-refractivity contribution is 0.328. The fraction of sp³-hybridized carbons (Fsp3) is 0.750. The van der Waals surface area contributed by atoms with Gasteiger partial charge in [0.15, 0.2) is 0 Å². The van der Waals surface area contributed by atoms with Crippen LogP contribution in [0.1, 0.15) is 49.9 Å². The molecule has 2 N–H and O–H groups in total. The molecule has 90 valence electrons. The van der Waals surface area contributed by atoms with Crippen molar-refractivity contribution < 1.29 is 4.74 Å². The summed E-state index contributed by atoms with van der Waals surface area (Å²) in [6, 6.07) is 0.514. The Hall–Kier alpha value is -1.03. The number of ether oxygens (including phenoxy) is 1. The van der Waals surface area contributed by atoms with Crippen LogP contribution in [0.2, 0.25) is 0 Å². The van der Waals surface area contributed by atoms with Gasteiger partial charge in [-0.1, -0.05) is 19.8 Å². The van der Waals surface area contributed by atoms with Gasteiger partial charge in [0.1, 0.15) is 0 Å². The van der Waals surface area contributed by atoms with Gasteiger partial charge in [0.2, 0.25) is 5.88 Å². The van der Waals surface area contributed by atoms with Crippen LogP contribution in [-0.4, -0.2) is 16.9 Å². The first-order valence-corrected chi connectivity index (χ1v) is 6.16. The van der Waals surface area contributed by atoms with Gasteiger partial charge >= 0.3 is 0 Å². The number of nitrogens with zero attached hydrogens (tertiary/aromatic N) is 2. The molecule has 1 aliphatic carbocycles. The van der Waals surface area contributed by atoms with Crippen molar-refractivity contribution in [2.75, 3.05) is 7.11 Å². The summed E-state index contributed by atoms with van der Waals surface area (Å²) in [7, 11) is 1.71. The molecule has 0 aliphatic heterocycles. The first kappa shape index (κ1) is 11.5. The van der Waals surface area contributed by atoms with E-state index in [-0.39, 0.29) is 0 Å². The number of hydrogen-bond donors (Lipinski definition) is 1. The molecular weight excluding hydrogens is 202 g/mol. The van der Waals surface area contributed by atoms with Crippen LogP contribution >= 0.6 is 0 Å². The zero-order chi connectivity index (χ0) is 11.5. The minimum atomic E-state index is 0.513. The van der Waals surface area contributed by atoms with Crippen molar-refractivity contribution in [3.63, 3.8) is 0 Å². The standard InChI is InChI=1S/C12H21N3O/c1-3-11-10(8-13)12(16-2)15(14-11)9-6-4-5-7-9/h9H,3-8,13H2,1-2H3. The van der Waals surface area contributed by atoms with E-state index in [1.807, 2.05) is 0 Å². The number of aryl methyl sites for hydroxylation is 1. The molecule has 0 amide bonds. The van der Waals surface area contributed by atoms with Gasteiger partial charge in [-0.05, 0) is 19.3 Å². The van der Waals surface area contributed by atoms with Crippen LogP contribution in [0.4, 0.5) is 0 Å². The van der Waals surface area contributed by atoms with E-state index in [1.54, 1.807) is 7.11 Å². The predicted octanol–water partition coefficient (Wildman–Crippen LogP) is 2.03. The van der Waals surface area contributed by atoms with Crippen LogP contribution in [0.5, 0.6) is 5.88 Å². The Balaban J connectivity index is 2.39. The highest BCUT2D eigenvalue weighted by Gasteiger charge is 2.24. The molecule has 0 radical (unpaired) electrons. The van der Waals surface area contributed by atoms with E-state index in [9.17, 15) is 0 Å². The summed E-state index contributed by atoms with van der Waals surface area (Å²) in [5.74, 6) is 0.881. The molecule has 1 saturated carbocycles. The van der Waals surface area contributed by atoms with Gasteiger partial charge in [0.05, 0.1) is 24.4 Å². The Bertz CT molecular complexity index is 353. The second kappa shape index (κ2) is 4.87. The fourth-order valence-corrected chi connectivity index (χ4v) is 2.60. The fourth-order valence-electron chi connectivity index (χ4n) is 2.60. The summed E-state index contributed by atoms with van der Waals surface area (Å²) in [4.78, 5) is 0. The molecule has 1 aliphatic rings. The highest BCUT2D eigenvalue weighted by Crippen LogP contribution is 2.34. The first-order chi connectivity index (χ1) is 7.81. The zero-order valence-corrected chi connectivity index (χ0v) is 10.2. The molecule has 16 heavy (non-hydrogen) atoms. The summed E-state index contributed by atoms with van der Waals surface area (Å²) >= 11 is 0. The molecule has 4 nitrogen and oxygen atoms in total. The Morgan fingerprint density at radius 2 is 2.12 bits per heavy atom. The molecule has 0 atom stereocenters. The van der Waals surface area contributed by atoms with Crippen LogP contribution in [0, 0.1) is 0 Å². The van der Waals surface area contributed by atoms with E-state index in [2.05, 4.69) is 16.7 Å². The van der Waals surface area contributed by atoms with Crippen LogP contribution in [0.25, 0.3) is 0 Å². The number of methoxy groups -OCH3 is 1. The average molecular weight is 223 g/mol. The number of hydrogen-bond acceptors (Lipinski definition) is 3. The van der Waals surface area contributed by atoms with Crippen LogP contribution in [0.15, 0.2) is 0 Å². The van der Waals surface area contributed by atoms with Crippen molar-refractivity contribution >= 4 is 0 Å². The minimum absolute atomic E-state index is 0.513. The molecule has 1 aromatic rings. The van der Waals surface area contributed by atoms with Crippen LogP contribution in [-0.2, 0) is 13.0 Å². The minimum Gasteiger partial charge on any atom is -0.481 e. The number of aromatic nitrogens is 2. The second-order valence-electron chi connectivity index (χ2n) is 4.38. The highest BCUT2D eigenvalue weighted by atomic mass is 16.5. The molecule has 0 saturated heterocycles. The average Bonchev–Trinajstić information content (AvgIpc) is 2.94. The monoisotopic (exact) mass is 223 g/mol. The Morgan fingerprint density at radius 1 is 1.44 bits per heavy atom. The van der Waals surface area contributed by atoms with Crippen molar-refractivity contribution in [1.29, 1.82) is 0 Å². The van der Waals surface area contributed by atoms with Crippen molar-refractivity contribution in [2.24, 2.45) is 5.73 Å². The van der Waals surface area contributed by atoms with Crippen LogP contribution in [0.3, 0.4) is 0 Å². The van der Waals surface area contributed by atoms with E-state index in [0.29, 0.717) is 12.6 Å². The summed E-state index contributed by atoms with van der Waals surface area (Å²) in [5.41, 5.74) is 7.95. The third-order valence-electron chi connectivity index (χ3n) is 3.45. The van der Waals surface area contributed by atoms with Gasteiger partial charge in [-0.2, -0.15) is 5.10 Å². The molecule has 1 heterocycles. The van der Waals surface area contributed by atoms with Crippen LogP contribution < -0.4 is 10.5 Å². The molecule has 0 bridgehead atoms. The third kappa shape index (κ3) is 1.82. The normalized spacial score (nSPS) is 16.9. The Kier molecular flexibility index (Phi) is 3.49. The van der Waals surface area contributed by atoms with Gasteiger partial charge in [0, 0.05) is 6.54 Å². The molecule has 1 fully saturated rings. The Morgan fingerprint density at radius 3 is 2.62 bits per heavy atom. The van der Waals surface area contributed by atoms with E-state index >= 15 is 0 Å². The van der Waals surface area contributed by atoms with Gasteiger partial charge in [-0.25, -0.2) is 4.68 Å². The lowest BCUT2D eigenvalue weighted by Crippen LogP contribution is -2.09. The lowest BCUT2D eigenvalue weighted by atomic mass is 10.2. The third-order valence-corrected chi connectivity index (χ3v) is 3.45. The van der Waals surface area contributed by atoms with Gasteiger partial charge in [-0.3, -0.25) is 0 Å². The van der Waals surface area contributed by atoms with Crippen molar-refractivity contribution in [3.05, 3.63) is 11.3 Å². The molecule has 0 spiro atoms. The summed E-state index contributed by atoms with van der Waals surface area (Å²) in [6.45, 7) is 2.62. The molecule has 0 aromatic carbocycles. The van der Waals surface area contributed by atoms with Crippen molar-refractivity contribution in [1.82, 2.24) is 9.78 Å². The highest BCUT2D eigenvalue weighted by molar-refractivity contribution is 5.32. The second-order valence-corrected chi connectivity index (χ2v) is 4.38. The van der Waals surface area contributed by atoms with E-state index in [4.69, 9.17) is 10.5 Å². The van der Waals surface area contributed by atoms with Crippen molar-refractivity contribution in [3.8, 4) is 5.88 Å². The van der Waals surface area contributed by atoms with E-state index < -0.39 is 0 Å². The van der Waals surface area contributed by atoms with Gasteiger partial charge in [-0.15, -0.1) is 0 Å². The summed E-state index contributed by atoms with van der Waals surface area (Å²) in [6.07, 6.45) is 5.94. The summed E-state index contributed by atoms with van der Waals surface area (Å²) < 4.78 is 7.55. The maximum absolute atomic E-state index is 5.78. The quantitative estimate of drug-likeness (QED) is 0.849. The predicted molar refractivity (Wildman–Crippen MR) is 63.6 cm³/mol. The SMILES string of the molecule is CCc1nn(C2CCCC2)c(OC)c1CN.